The third-order valence-electron chi connectivity index (χ3n) is 3.84. The van der Waals surface area contributed by atoms with Gasteiger partial charge in [-0.05, 0) is 26.3 Å². The second-order valence-corrected chi connectivity index (χ2v) is 5.28. The Morgan fingerprint density at radius 2 is 2.00 bits per heavy atom. The molecular weight excluding hydrogens is 276 g/mol. The second kappa shape index (κ2) is 7.94. The number of aryl methyl sites for hydroxylation is 1. The van der Waals surface area contributed by atoms with Gasteiger partial charge in [0.05, 0.1) is 18.9 Å². The van der Waals surface area contributed by atoms with Gasteiger partial charge in [-0.25, -0.2) is 0 Å². The van der Waals surface area contributed by atoms with Crippen LogP contribution in [0.4, 0.5) is 5.82 Å². The molecule has 1 aliphatic rings. The maximum atomic E-state index is 5.46. The smallest absolute Gasteiger partial charge is 0.156 e. The lowest BCUT2D eigenvalue weighted by Crippen LogP contribution is -2.37. The van der Waals surface area contributed by atoms with Crippen molar-refractivity contribution in [3.8, 4) is 0 Å². The predicted octanol–water partition coefficient (Wildman–Crippen LogP) is 1.03. The van der Waals surface area contributed by atoms with Crippen LogP contribution in [0.2, 0.25) is 0 Å². The zero-order valence-corrected chi connectivity index (χ0v) is 14.0. The first kappa shape index (κ1) is 16.5. The second-order valence-electron chi connectivity index (χ2n) is 5.28. The van der Waals surface area contributed by atoms with E-state index in [1.807, 2.05) is 20.9 Å². The van der Waals surface area contributed by atoms with Gasteiger partial charge < -0.3 is 15.0 Å². The standard InChI is InChI=1S/C17H26N4O/c1-5-7-14(21-8-10-22-11-9-21)12-16-15(6-2)13(3)19-20-17(16)18-4/h6-7,12H,5,8-11H2,1-4H3,(H,18,20)/b14-7-,15-6-,16-12+. The molecule has 2 rings (SSSR count). The van der Waals surface area contributed by atoms with Gasteiger partial charge in [0.25, 0.3) is 0 Å². The van der Waals surface area contributed by atoms with Crippen molar-refractivity contribution in [2.75, 3.05) is 38.7 Å². The Kier molecular flexibility index (Phi) is 5.95. The third kappa shape index (κ3) is 3.65. The highest BCUT2D eigenvalue weighted by Gasteiger charge is 2.12. The number of hydrogen-bond acceptors (Lipinski definition) is 5. The number of hydrogen-bond donors (Lipinski definition) is 1. The Hall–Kier alpha value is -1.88. The molecule has 1 aromatic rings. The molecule has 0 atom stereocenters. The van der Waals surface area contributed by atoms with Crippen molar-refractivity contribution in [2.45, 2.75) is 27.2 Å². The average molecular weight is 302 g/mol. The van der Waals surface area contributed by atoms with E-state index < -0.39 is 0 Å². The lowest BCUT2D eigenvalue weighted by molar-refractivity contribution is 0.0561. The van der Waals surface area contributed by atoms with Crippen molar-refractivity contribution < 1.29 is 4.74 Å². The summed E-state index contributed by atoms with van der Waals surface area (Å²) in [5.41, 5.74) is 2.18. The molecule has 5 heteroatoms. The maximum Gasteiger partial charge on any atom is 0.156 e. The van der Waals surface area contributed by atoms with E-state index in [0.717, 1.165) is 54.7 Å². The molecule has 22 heavy (non-hydrogen) atoms. The monoisotopic (exact) mass is 302 g/mol. The van der Waals surface area contributed by atoms with E-state index in [-0.39, 0.29) is 0 Å². The van der Waals surface area contributed by atoms with E-state index >= 15 is 0 Å². The largest absolute Gasteiger partial charge is 0.378 e. The molecule has 0 amide bonds. The van der Waals surface area contributed by atoms with Crippen molar-refractivity contribution in [3.63, 3.8) is 0 Å². The summed E-state index contributed by atoms with van der Waals surface area (Å²) in [5.74, 6) is 0.814. The normalized spacial score (nSPS) is 18.0. The maximum absolute atomic E-state index is 5.46. The minimum absolute atomic E-state index is 0.786. The van der Waals surface area contributed by atoms with Crippen molar-refractivity contribution in [1.29, 1.82) is 0 Å². The zero-order valence-electron chi connectivity index (χ0n) is 14.0. The first-order chi connectivity index (χ1) is 10.7. The van der Waals surface area contributed by atoms with E-state index in [4.69, 9.17) is 4.74 Å². The first-order valence-electron chi connectivity index (χ1n) is 7.93. The van der Waals surface area contributed by atoms with Gasteiger partial charge in [-0.15, -0.1) is 5.10 Å². The van der Waals surface area contributed by atoms with Crippen LogP contribution in [0.3, 0.4) is 0 Å². The predicted molar refractivity (Wildman–Crippen MR) is 90.9 cm³/mol. The molecule has 1 aromatic heterocycles. The average Bonchev–Trinajstić information content (AvgIpc) is 2.55. The fourth-order valence-corrected chi connectivity index (χ4v) is 2.71. The number of nitrogens with zero attached hydrogens (tertiary/aromatic N) is 3. The summed E-state index contributed by atoms with van der Waals surface area (Å²) in [5, 5.41) is 13.9. The summed E-state index contributed by atoms with van der Waals surface area (Å²) in [4.78, 5) is 2.38. The fourth-order valence-electron chi connectivity index (χ4n) is 2.71. The van der Waals surface area contributed by atoms with Gasteiger partial charge in [0.1, 0.15) is 0 Å². The summed E-state index contributed by atoms with van der Waals surface area (Å²) in [6, 6.07) is 0. The van der Waals surface area contributed by atoms with Crippen LogP contribution < -0.4 is 15.8 Å². The molecule has 5 nitrogen and oxygen atoms in total. The van der Waals surface area contributed by atoms with E-state index in [1.54, 1.807) is 0 Å². The minimum Gasteiger partial charge on any atom is -0.378 e. The summed E-state index contributed by atoms with van der Waals surface area (Å²) in [6.07, 6.45) is 7.58. The highest BCUT2D eigenvalue weighted by molar-refractivity contribution is 5.54. The van der Waals surface area contributed by atoms with Gasteiger partial charge in [0.2, 0.25) is 0 Å². The van der Waals surface area contributed by atoms with Gasteiger partial charge in [0.15, 0.2) is 5.82 Å². The summed E-state index contributed by atoms with van der Waals surface area (Å²) < 4.78 is 5.46. The fraction of sp³-hybridized carbons (Fsp3) is 0.529. The van der Waals surface area contributed by atoms with Crippen LogP contribution in [-0.4, -0.2) is 48.4 Å². The zero-order chi connectivity index (χ0) is 15.9. The van der Waals surface area contributed by atoms with Crippen LogP contribution in [0.1, 0.15) is 26.0 Å². The molecular formula is C17H26N4O. The first-order valence-corrected chi connectivity index (χ1v) is 7.93. The molecule has 1 N–H and O–H groups in total. The molecule has 0 aromatic carbocycles. The molecule has 2 heterocycles. The van der Waals surface area contributed by atoms with Gasteiger partial charge in [-0.1, -0.05) is 19.1 Å². The van der Waals surface area contributed by atoms with Gasteiger partial charge >= 0.3 is 0 Å². The van der Waals surface area contributed by atoms with Crippen LogP contribution in [0, 0.1) is 6.92 Å². The Labute approximate surface area is 132 Å². The Morgan fingerprint density at radius 3 is 2.59 bits per heavy atom. The molecule has 0 bridgehead atoms. The number of rotatable bonds is 4. The summed E-state index contributed by atoms with van der Waals surface area (Å²) in [7, 11) is 1.88. The minimum atomic E-state index is 0.786. The quantitative estimate of drug-likeness (QED) is 0.900. The van der Waals surface area contributed by atoms with Crippen LogP contribution in [-0.2, 0) is 4.74 Å². The van der Waals surface area contributed by atoms with Crippen LogP contribution in [0.15, 0.2) is 11.8 Å². The molecule has 1 saturated heterocycles. The highest BCUT2D eigenvalue weighted by atomic mass is 16.5. The lowest BCUT2D eigenvalue weighted by Gasteiger charge is -2.30. The van der Waals surface area contributed by atoms with E-state index in [1.165, 1.54) is 5.70 Å². The Morgan fingerprint density at radius 1 is 1.27 bits per heavy atom. The Bertz CT molecular complexity index is 645. The van der Waals surface area contributed by atoms with Crippen molar-refractivity contribution in [2.24, 2.45) is 0 Å². The van der Waals surface area contributed by atoms with E-state index in [9.17, 15) is 0 Å². The van der Waals surface area contributed by atoms with Gasteiger partial charge in [0, 0.05) is 36.3 Å². The van der Waals surface area contributed by atoms with Gasteiger partial charge in [-0.3, -0.25) is 0 Å². The summed E-state index contributed by atoms with van der Waals surface area (Å²) in [6.45, 7) is 9.63. The number of nitrogens with one attached hydrogen (secondary N) is 1. The van der Waals surface area contributed by atoms with Gasteiger partial charge in [-0.2, -0.15) is 5.10 Å². The Balaban J connectivity index is 2.57. The molecule has 120 valence electrons. The molecule has 0 radical (unpaired) electrons. The number of allylic oxidation sites excluding steroid dienone is 2. The topological polar surface area (TPSA) is 50.3 Å². The molecule has 0 saturated carbocycles. The van der Waals surface area contributed by atoms with Crippen molar-refractivity contribution in [1.82, 2.24) is 15.1 Å². The number of ether oxygens (including phenoxy) is 1. The lowest BCUT2D eigenvalue weighted by atomic mass is 10.1. The SMILES string of the molecule is C/C=c1/c(C)nnc(NC)/c1=C/C(=C/CC)N1CCOCC1. The molecule has 0 unspecified atom stereocenters. The molecule has 0 spiro atoms. The van der Waals surface area contributed by atoms with Crippen molar-refractivity contribution in [3.05, 3.63) is 27.9 Å². The summed E-state index contributed by atoms with van der Waals surface area (Å²) >= 11 is 0. The molecule has 0 aliphatic carbocycles. The number of aromatic nitrogens is 2. The van der Waals surface area contributed by atoms with Crippen LogP contribution in [0.5, 0.6) is 0 Å². The molecule has 1 aliphatic heterocycles. The third-order valence-corrected chi connectivity index (χ3v) is 3.84. The van der Waals surface area contributed by atoms with Crippen LogP contribution >= 0.6 is 0 Å². The number of morpholine rings is 1. The molecule has 1 fully saturated rings. The number of anilines is 1. The van der Waals surface area contributed by atoms with Crippen molar-refractivity contribution >= 4 is 18.0 Å². The van der Waals surface area contributed by atoms with Crippen LogP contribution in [0.25, 0.3) is 12.2 Å². The van der Waals surface area contributed by atoms with E-state index in [2.05, 4.69) is 45.6 Å². The highest BCUT2D eigenvalue weighted by Crippen LogP contribution is 2.10. The van der Waals surface area contributed by atoms with E-state index in [0.29, 0.717) is 0 Å².